The van der Waals surface area contributed by atoms with Crippen LogP contribution in [-0.2, 0) is 14.8 Å². The fourth-order valence-electron chi connectivity index (χ4n) is 3.08. The number of nitrogens with one attached hydrogen (secondary N) is 1. The first kappa shape index (κ1) is 20.0. The van der Waals surface area contributed by atoms with E-state index in [1.54, 1.807) is 17.0 Å². The first-order valence-corrected chi connectivity index (χ1v) is 10.9. The minimum absolute atomic E-state index is 0.113. The SMILES string of the molecule is CS(=O)(=O)N1CCN(C(=O)CNC(=O)c2ccc(-c3ccccc3)cc2)CC1. The van der Waals surface area contributed by atoms with E-state index in [-0.39, 0.29) is 31.4 Å². The van der Waals surface area contributed by atoms with E-state index in [4.69, 9.17) is 0 Å². The second-order valence-electron chi connectivity index (χ2n) is 6.67. The Bertz CT molecular complexity index is 935. The van der Waals surface area contributed by atoms with Crippen molar-refractivity contribution < 1.29 is 18.0 Å². The summed E-state index contributed by atoms with van der Waals surface area (Å²) in [5.41, 5.74) is 2.56. The van der Waals surface area contributed by atoms with Gasteiger partial charge in [-0.1, -0.05) is 42.5 Å². The summed E-state index contributed by atoms with van der Waals surface area (Å²) in [5.74, 6) is -0.537. The summed E-state index contributed by atoms with van der Waals surface area (Å²) in [4.78, 5) is 26.1. The van der Waals surface area contributed by atoms with Crippen LogP contribution in [0.15, 0.2) is 54.6 Å². The van der Waals surface area contributed by atoms with Crippen molar-refractivity contribution in [2.75, 3.05) is 39.0 Å². The lowest BCUT2D eigenvalue weighted by atomic mass is 10.0. The lowest BCUT2D eigenvalue weighted by Gasteiger charge is -2.33. The molecule has 0 saturated carbocycles. The monoisotopic (exact) mass is 401 g/mol. The summed E-state index contributed by atoms with van der Waals surface area (Å²) in [6.07, 6.45) is 1.16. The van der Waals surface area contributed by atoms with Crippen LogP contribution in [-0.4, -0.2) is 68.4 Å². The van der Waals surface area contributed by atoms with Gasteiger partial charge in [0.25, 0.3) is 5.91 Å². The summed E-state index contributed by atoms with van der Waals surface area (Å²) < 4.78 is 24.4. The number of hydrogen-bond acceptors (Lipinski definition) is 4. The van der Waals surface area contributed by atoms with Crippen molar-refractivity contribution >= 4 is 21.8 Å². The van der Waals surface area contributed by atoms with E-state index >= 15 is 0 Å². The quantitative estimate of drug-likeness (QED) is 0.815. The molecule has 0 aromatic heterocycles. The Labute approximate surface area is 165 Å². The third-order valence-electron chi connectivity index (χ3n) is 4.71. The number of sulfonamides is 1. The maximum Gasteiger partial charge on any atom is 0.251 e. The van der Waals surface area contributed by atoms with E-state index in [1.807, 2.05) is 42.5 Å². The summed E-state index contributed by atoms with van der Waals surface area (Å²) in [7, 11) is -3.23. The standard InChI is InChI=1S/C20H23N3O4S/c1-28(26,27)23-13-11-22(12-14-23)19(24)15-21-20(25)18-9-7-17(8-10-18)16-5-3-2-4-6-16/h2-10H,11-15H2,1H3,(H,21,25). The fourth-order valence-corrected chi connectivity index (χ4v) is 3.91. The van der Waals surface area contributed by atoms with Gasteiger partial charge in [0.2, 0.25) is 15.9 Å². The Balaban J connectivity index is 1.51. The normalized spacial score (nSPS) is 15.2. The molecule has 1 aliphatic rings. The van der Waals surface area contributed by atoms with Gasteiger partial charge in [-0.25, -0.2) is 8.42 Å². The van der Waals surface area contributed by atoms with Crippen LogP contribution in [0.5, 0.6) is 0 Å². The lowest BCUT2D eigenvalue weighted by Crippen LogP contribution is -2.52. The van der Waals surface area contributed by atoms with E-state index in [0.29, 0.717) is 18.7 Å². The van der Waals surface area contributed by atoms with Crippen molar-refractivity contribution in [2.45, 2.75) is 0 Å². The van der Waals surface area contributed by atoms with Gasteiger partial charge in [-0.3, -0.25) is 9.59 Å². The predicted molar refractivity (Wildman–Crippen MR) is 107 cm³/mol. The molecule has 3 rings (SSSR count). The molecule has 1 heterocycles. The minimum atomic E-state index is -3.23. The molecule has 0 radical (unpaired) electrons. The maximum absolute atomic E-state index is 12.3. The zero-order valence-corrected chi connectivity index (χ0v) is 16.5. The number of carbonyl (C=O) groups excluding carboxylic acids is 2. The number of hydrogen-bond donors (Lipinski definition) is 1. The molecule has 8 heteroatoms. The van der Waals surface area contributed by atoms with E-state index < -0.39 is 10.0 Å². The Morgan fingerprint density at radius 1 is 0.893 bits per heavy atom. The van der Waals surface area contributed by atoms with Gasteiger partial charge >= 0.3 is 0 Å². The second kappa shape index (κ2) is 8.53. The second-order valence-corrected chi connectivity index (χ2v) is 8.65. The smallest absolute Gasteiger partial charge is 0.251 e. The van der Waals surface area contributed by atoms with Crippen LogP contribution < -0.4 is 5.32 Å². The number of nitrogens with zero attached hydrogens (tertiary/aromatic N) is 2. The first-order valence-electron chi connectivity index (χ1n) is 9.01. The fraction of sp³-hybridized carbons (Fsp3) is 0.300. The minimum Gasteiger partial charge on any atom is -0.343 e. The molecule has 1 N–H and O–H groups in total. The van der Waals surface area contributed by atoms with Crippen molar-refractivity contribution in [2.24, 2.45) is 0 Å². The Hall–Kier alpha value is -2.71. The van der Waals surface area contributed by atoms with Crippen molar-refractivity contribution in [1.29, 1.82) is 0 Å². The molecular weight excluding hydrogens is 378 g/mol. The summed E-state index contributed by atoms with van der Waals surface area (Å²) in [5, 5.41) is 2.63. The van der Waals surface area contributed by atoms with Gasteiger partial charge in [0.05, 0.1) is 12.8 Å². The van der Waals surface area contributed by atoms with Crippen LogP contribution in [0.1, 0.15) is 10.4 Å². The topological polar surface area (TPSA) is 86.8 Å². The highest BCUT2D eigenvalue weighted by Crippen LogP contribution is 2.19. The molecule has 0 unspecified atom stereocenters. The molecule has 0 spiro atoms. The molecule has 2 amide bonds. The highest BCUT2D eigenvalue weighted by atomic mass is 32.2. The molecule has 1 fully saturated rings. The first-order chi connectivity index (χ1) is 13.3. The number of benzene rings is 2. The number of piperazine rings is 1. The largest absolute Gasteiger partial charge is 0.343 e. The molecule has 2 aromatic rings. The van der Waals surface area contributed by atoms with Gasteiger partial charge in [0.15, 0.2) is 0 Å². The Kier molecular flexibility index (Phi) is 6.11. The summed E-state index contributed by atoms with van der Waals surface area (Å²) in [6.45, 7) is 1.10. The van der Waals surface area contributed by atoms with Gasteiger partial charge in [-0.2, -0.15) is 4.31 Å². The summed E-state index contributed by atoms with van der Waals surface area (Å²) >= 11 is 0. The van der Waals surface area contributed by atoms with Crippen molar-refractivity contribution in [1.82, 2.24) is 14.5 Å². The molecule has 1 saturated heterocycles. The molecular formula is C20H23N3O4S. The molecule has 2 aromatic carbocycles. The molecule has 0 aliphatic carbocycles. The van der Waals surface area contributed by atoms with Crippen LogP contribution in [0.2, 0.25) is 0 Å². The summed E-state index contributed by atoms with van der Waals surface area (Å²) in [6, 6.07) is 17.1. The average Bonchev–Trinajstić information content (AvgIpc) is 2.72. The maximum atomic E-state index is 12.3. The average molecular weight is 401 g/mol. The Morgan fingerprint density at radius 3 is 2.04 bits per heavy atom. The van der Waals surface area contributed by atoms with Gasteiger partial charge in [-0.05, 0) is 23.3 Å². The molecule has 148 valence electrons. The van der Waals surface area contributed by atoms with Crippen molar-refractivity contribution in [3.63, 3.8) is 0 Å². The molecule has 28 heavy (non-hydrogen) atoms. The van der Waals surface area contributed by atoms with E-state index in [1.165, 1.54) is 4.31 Å². The van der Waals surface area contributed by atoms with E-state index in [0.717, 1.165) is 17.4 Å². The van der Waals surface area contributed by atoms with Gasteiger partial charge in [0, 0.05) is 31.7 Å². The number of rotatable bonds is 5. The zero-order chi connectivity index (χ0) is 20.1. The van der Waals surface area contributed by atoms with Gasteiger partial charge in [0.1, 0.15) is 0 Å². The molecule has 1 aliphatic heterocycles. The molecule has 7 nitrogen and oxygen atoms in total. The number of carbonyl (C=O) groups is 2. The highest BCUT2D eigenvalue weighted by Gasteiger charge is 2.26. The number of amides is 2. The van der Waals surface area contributed by atoms with Crippen LogP contribution in [0.25, 0.3) is 11.1 Å². The van der Waals surface area contributed by atoms with Gasteiger partial charge < -0.3 is 10.2 Å². The lowest BCUT2D eigenvalue weighted by molar-refractivity contribution is -0.131. The van der Waals surface area contributed by atoms with E-state index in [9.17, 15) is 18.0 Å². The molecule has 0 atom stereocenters. The van der Waals surface area contributed by atoms with Crippen molar-refractivity contribution in [3.05, 3.63) is 60.2 Å². The highest BCUT2D eigenvalue weighted by molar-refractivity contribution is 7.88. The zero-order valence-electron chi connectivity index (χ0n) is 15.7. The van der Waals surface area contributed by atoms with Crippen LogP contribution in [0.3, 0.4) is 0 Å². The predicted octanol–water partition coefficient (Wildman–Crippen LogP) is 1.19. The molecule has 0 bridgehead atoms. The Morgan fingerprint density at radius 2 is 1.46 bits per heavy atom. The van der Waals surface area contributed by atoms with E-state index in [2.05, 4.69) is 5.32 Å². The van der Waals surface area contributed by atoms with Crippen LogP contribution in [0, 0.1) is 0 Å². The third-order valence-corrected chi connectivity index (χ3v) is 6.02. The third kappa shape index (κ3) is 4.96. The van der Waals surface area contributed by atoms with Crippen LogP contribution in [0.4, 0.5) is 0 Å². The van der Waals surface area contributed by atoms with Crippen LogP contribution >= 0.6 is 0 Å². The van der Waals surface area contributed by atoms with Crippen molar-refractivity contribution in [3.8, 4) is 11.1 Å². The van der Waals surface area contributed by atoms with Gasteiger partial charge in [-0.15, -0.1) is 0 Å².